The van der Waals surface area contributed by atoms with Gasteiger partial charge in [-0.15, -0.1) is 0 Å². The maximum absolute atomic E-state index is 13.0. The topological polar surface area (TPSA) is 29.5 Å². The summed E-state index contributed by atoms with van der Waals surface area (Å²) in [4.78, 5) is 15.0. The van der Waals surface area contributed by atoms with Gasteiger partial charge in [-0.3, -0.25) is 4.79 Å². The molecule has 1 aromatic carbocycles. The van der Waals surface area contributed by atoms with E-state index in [4.69, 9.17) is 4.74 Å². The van der Waals surface area contributed by atoms with Crippen LogP contribution in [0.25, 0.3) is 0 Å². The smallest absolute Gasteiger partial charge is 0.255 e. The number of hydrogen-bond donors (Lipinski definition) is 0. The molecule has 1 amide bonds. The van der Waals surface area contributed by atoms with Gasteiger partial charge in [0.2, 0.25) is 0 Å². The molecule has 0 heterocycles. The lowest BCUT2D eigenvalue weighted by Gasteiger charge is -2.32. The SMILES string of the molecule is CCC(CC)N(CC(C)C)C(=O)c1cc(OC)ccc1Br. The molecule has 0 aliphatic heterocycles. The molecule has 21 heavy (non-hydrogen) atoms. The number of nitrogens with zero attached hydrogens (tertiary/aromatic N) is 1. The Balaban J connectivity index is 3.15. The summed E-state index contributed by atoms with van der Waals surface area (Å²) in [6, 6.07) is 5.80. The van der Waals surface area contributed by atoms with Gasteiger partial charge >= 0.3 is 0 Å². The Morgan fingerprint density at radius 3 is 2.38 bits per heavy atom. The molecule has 0 bridgehead atoms. The number of halogens is 1. The Morgan fingerprint density at radius 1 is 1.29 bits per heavy atom. The largest absolute Gasteiger partial charge is 0.497 e. The predicted octanol–water partition coefficient (Wildman–Crippen LogP) is 4.74. The van der Waals surface area contributed by atoms with E-state index >= 15 is 0 Å². The summed E-state index contributed by atoms with van der Waals surface area (Å²) in [7, 11) is 1.62. The molecule has 0 saturated heterocycles. The monoisotopic (exact) mass is 355 g/mol. The van der Waals surface area contributed by atoms with Crippen molar-refractivity contribution >= 4 is 21.8 Å². The third-order valence-electron chi connectivity index (χ3n) is 3.61. The van der Waals surface area contributed by atoms with Crippen LogP contribution in [-0.4, -0.2) is 30.5 Å². The van der Waals surface area contributed by atoms with Crippen molar-refractivity contribution in [1.82, 2.24) is 4.90 Å². The van der Waals surface area contributed by atoms with Crippen LogP contribution in [0.1, 0.15) is 50.9 Å². The average Bonchev–Trinajstić information content (AvgIpc) is 2.47. The highest BCUT2D eigenvalue weighted by molar-refractivity contribution is 9.10. The van der Waals surface area contributed by atoms with Gasteiger partial charge in [-0.1, -0.05) is 27.7 Å². The van der Waals surface area contributed by atoms with E-state index in [2.05, 4.69) is 43.6 Å². The van der Waals surface area contributed by atoms with Crippen molar-refractivity contribution in [3.05, 3.63) is 28.2 Å². The van der Waals surface area contributed by atoms with Crippen molar-refractivity contribution in [2.45, 2.75) is 46.6 Å². The van der Waals surface area contributed by atoms with E-state index in [0.717, 1.165) is 23.9 Å². The zero-order valence-corrected chi connectivity index (χ0v) is 15.2. The molecular weight excluding hydrogens is 330 g/mol. The molecule has 1 rings (SSSR count). The summed E-state index contributed by atoms with van der Waals surface area (Å²) >= 11 is 3.48. The quantitative estimate of drug-likeness (QED) is 0.706. The van der Waals surface area contributed by atoms with Gasteiger partial charge in [-0.2, -0.15) is 0 Å². The highest BCUT2D eigenvalue weighted by Gasteiger charge is 2.25. The van der Waals surface area contributed by atoms with Gasteiger partial charge in [-0.05, 0) is 52.9 Å². The van der Waals surface area contributed by atoms with Crippen LogP contribution in [0.2, 0.25) is 0 Å². The standard InChI is InChI=1S/C17H26BrNO2/c1-6-13(7-2)19(11-12(3)4)17(20)15-10-14(21-5)8-9-16(15)18/h8-10,12-13H,6-7,11H2,1-5H3. The van der Waals surface area contributed by atoms with Crippen molar-refractivity contribution in [3.8, 4) is 5.75 Å². The van der Waals surface area contributed by atoms with Gasteiger partial charge < -0.3 is 9.64 Å². The molecule has 3 nitrogen and oxygen atoms in total. The second kappa shape index (κ2) is 8.42. The zero-order chi connectivity index (χ0) is 16.0. The van der Waals surface area contributed by atoms with Crippen molar-refractivity contribution in [2.75, 3.05) is 13.7 Å². The van der Waals surface area contributed by atoms with Crippen LogP contribution >= 0.6 is 15.9 Å². The molecule has 1 aromatic rings. The lowest BCUT2D eigenvalue weighted by Crippen LogP contribution is -2.42. The van der Waals surface area contributed by atoms with Crippen LogP contribution in [0.5, 0.6) is 5.75 Å². The molecule has 0 aliphatic carbocycles. The molecule has 0 aromatic heterocycles. The van der Waals surface area contributed by atoms with Crippen molar-refractivity contribution in [1.29, 1.82) is 0 Å². The highest BCUT2D eigenvalue weighted by atomic mass is 79.9. The molecule has 0 unspecified atom stereocenters. The molecule has 4 heteroatoms. The third kappa shape index (κ3) is 4.73. The Labute approximate surface area is 136 Å². The van der Waals surface area contributed by atoms with E-state index in [1.807, 2.05) is 23.1 Å². The van der Waals surface area contributed by atoms with Gasteiger partial charge in [0.25, 0.3) is 5.91 Å². The summed E-state index contributed by atoms with van der Waals surface area (Å²) in [5, 5.41) is 0. The number of amides is 1. The highest BCUT2D eigenvalue weighted by Crippen LogP contribution is 2.25. The van der Waals surface area contributed by atoms with Gasteiger partial charge in [0.1, 0.15) is 5.75 Å². The van der Waals surface area contributed by atoms with Crippen LogP contribution in [0.15, 0.2) is 22.7 Å². The molecule has 0 fully saturated rings. The summed E-state index contributed by atoms with van der Waals surface area (Å²) in [5.41, 5.74) is 0.668. The fourth-order valence-corrected chi connectivity index (χ4v) is 2.89. The predicted molar refractivity (Wildman–Crippen MR) is 90.9 cm³/mol. The first kappa shape index (κ1) is 18.0. The number of methoxy groups -OCH3 is 1. The molecule has 118 valence electrons. The second-order valence-electron chi connectivity index (χ2n) is 5.67. The van der Waals surface area contributed by atoms with E-state index in [9.17, 15) is 4.79 Å². The number of hydrogen-bond acceptors (Lipinski definition) is 2. The fourth-order valence-electron chi connectivity index (χ4n) is 2.47. The Kier molecular flexibility index (Phi) is 7.23. The number of carbonyl (C=O) groups is 1. The first-order valence-electron chi connectivity index (χ1n) is 7.59. The van der Waals surface area contributed by atoms with Crippen LogP contribution in [0, 0.1) is 5.92 Å². The molecule has 0 aliphatic rings. The van der Waals surface area contributed by atoms with Gasteiger partial charge in [0.15, 0.2) is 0 Å². The normalized spacial score (nSPS) is 11.0. The molecule has 0 N–H and O–H groups in total. The number of rotatable bonds is 7. The Hall–Kier alpha value is -1.03. The van der Waals surface area contributed by atoms with Crippen LogP contribution in [0.4, 0.5) is 0 Å². The molecular formula is C17H26BrNO2. The van der Waals surface area contributed by atoms with Gasteiger partial charge in [-0.25, -0.2) is 0 Å². The van der Waals surface area contributed by atoms with E-state index < -0.39 is 0 Å². The summed E-state index contributed by atoms with van der Waals surface area (Å²) in [6.07, 6.45) is 1.94. The van der Waals surface area contributed by atoms with Crippen molar-refractivity contribution in [3.63, 3.8) is 0 Å². The van der Waals surface area contributed by atoms with Crippen LogP contribution in [0.3, 0.4) is 0 Å². The lowest BCUT2D eigenvalue weighted by molar-refractivity contribution is 0.0639. The van der Waals surface area contributed by atoms with Gasteiger partial charge in [0, 0.05) is 17.1 Å². The Bertz CT molecular complexity index is 470. The van der Waals surface area contributed by atoms with Crippen LogP contribution < -0.4 is 4.74 Å². The minimum absolute atomic E-state index is 0.0724. The van der Waals surface area contributed by atoms with Crippen molar-refractivity contribution < 1.29 is 9.53 Å². The summed E-state index contributed by atoms with van der Waals surface area (Å²) < 4.78 is 6.06. The van der Waals surface area contributed by atoms with E-state index in [1.165, 1.54) is 0 Å². The molecule has 0 atom stereocenters. The minimum atomic E-state index is 0.0724. The second-order valence-corrected chi connectivity index (χ2v) is 6.52. The zero-order valence-electron chi connectivity index (χ0n) is 13.6. The number of carbonyl (C=O) groups excluding carboxylic acids is 1. The minimum Gasteiger partial charge on any atom is -0.497 e. The van der Waals surface area contributed by atoms with Gasteiger partial charge in [0.05, 0.1) is 12.7 Å². The fraction of sp³-hybridized carbons (Fsp3) is 0.588. The van der Waals surface area contributed by atoms with Crippen molar-refractivity contribution in [2.24, 2.45) is 5.92 Å². The maximum atomic E-state index is 13.0. The molecule has 0 radical (unpaired) electrons. The average molecular weight is 356 g/mol. The summed E-state index contributed by atoms with van der Waals surface area (Å²) in [6.45, 7) is 9.33. The van der Waals surface area contributed by atoms with E-state index in [0.29, 0.717) is 17.2 Å². The molecule has 0 spiro atoms. The number of benzene rings is 1. The Morgan fingerprint density at radius 2 is 1.90 bits per heavy atom. The van der Waals surface area contributed by atoms with E-state index in [1.54, 1.807) is 7.11 Å². The first-order chi connectivity index (χ1) is 9.94. The maximum Gasteiger partial charge on any atom is 0.255 e. The number of ether oxygens (including phenoxy) is 1. The van der Waals surface area contributed by atoms with E-state index in [-0.39, 0.29) is 11.9 Å². The first-order valence-corrected chi connectivity index (χ1v) is 8.38. The third-order valence-corrected chi connectivity index (χ3v) is 4.30. The lowest BCUT2D eigenvalue weighted by atomic mass is 10.1. The van der Waals surface area contributed by atoms with Crippen LogP contribution in [-0.2, 0) is 0 Å². The summed E-state index contributed by atoms with van der Waals surface area (Å²) in [5.74, 6) is 1.22. The molecule has 0 saturated carbocycles.